The lowest BCUT2D eigenvalue weighted by molar-refractivity contribution is -0.137. The zero-order valence-electron chi connectivity index (χ0n) is 10.2. The van der Waals surface area contributed by atoms with E-state index in [9.17, 15) is 14.3 Å². The van der Waals surface area contributed by atoms with Crippen molar-refractivity contribution in [1.82, 2.24) is 0 Å². The van der Waals surface area contributed by atoms with Gasteiger partial charge >= 0.3 is 5.97 Å². The van der Waals surface area contributed by atoms with Crippen LogP contribution in [0.4, 0.5) is 10.1 Å². The number of carbonyl (C=O) groups is 1. The first-order valence-corrected chi connectivity index (χ1v) is 5.94. The Bertz CT molecular complexity index is 557. The molecule has 0 fully saturated rings. The lowest BCUT2D eigenvalue weighted by Crippen LogP contribution is -2.31. The molecule has 2 rings (SSSR count). The highest BCUT2D eigenvalue weighted by atomic mass is 19.1. The fourth-order valence-corrected chi connectivity index (χ4v) is 1.82. The van der Waals surface area contributed by atoms with Gasteiger partial charge in [0, 0.05) is 6.42 Å². The number of benzene rings is 2. The molecule has 4 heteroatoms. The molecule has 0 heterocycles. The second kappa shape index (κ2) is 6.00. The van der Waals surface area contributed by atoms with Gasteiger partial charge < -0.3 is 10.4 Å². The van der Waals surface area contributed by atoms with Crippen molar-refractivity contribution in [3.05, 3.63) is 66.0 Å². The molecular formula is C15H14FNO2. The van der Waals surface area contributed by atoms with Crippen molar-refractivity contribution < 1.29 is 14.3 Å². The summed E-state index contributed by atoms with van der Waals surface area (Å²) in [4.78, 5) is 11.2. The molecule has 0 aliphatic carbocycles. The molecule has 1 unspecified atom stereocenters. The van der Waals surface area contributed by atoms with Gasteiger partial charge in [-0.2, -0.15) is 0 Å². The third-order valence-corrected chi connectivity index (χ3v) is 2.78. The molecule has 2 N–H and O–H groups in total. The highest BCUT2D eigenvalue weighted by Gasteiger charge is 2.18. The topological polar surface area (TPSA) is 49.3 Å². The number of hydrogen-bond acceptors (Lipinski definition) is 2. The number of carboxylic acids is 1. The normalized spacial score (nSPS) is 11.8. The van der Waals surface area contributed by atoms with Crippen molar-refractivity contribution in [2.24, 2.45) is 0 Å². The van der Waals surface area contributed by atoms with Crippen LogP contribution >= 0.6 is 0 Å². The Hall–Kier alpha value is -2.36. The predicted octanol–water partition coefficient (Wildman–Crippen LogP) is 2.93. The van der Waals surface area contributed by atoms with E-state index >= 15 is 0 Å². The Balaban J connectivity index is 2.13. The highest BCUT2D eigenvalue weighted by Crippen LogP contribution is 2.15. The summed E-state index contributed by atoms with van der Waals surface area (Å²) >= 11 is 0. The van der Waals surface area contributed by atoms with Crippen molar-refractivity contribution in [3.63, 3.8) is 0 Å². The van der Waals surface area contributed by atoms with Crippen molar-refractivity contribution in [2.75, 3.05) is 5.32 Å². The van der Waals surface area contributed by atoms with Crippen LogP contribution in [0, 0.1) is 5.82 Å². The van der Waals surface area contributed by atoms with Crippen molar-refractivity contribution in [3.8, 4) is 0 Å². The molecule has 2 aromatic rings. The number of anilines is 1. The summed E-state index contributed by atoms with van der Waals surface area (Å²) in [6.45, 7) is 0. The SMILES string of the molecule is O=C(O)C(Cc1ccccc1)Nc1ccccc1F. The molecule has 0 bridgehead atoms. The van der Waals surface area contributed by atoms with Crippen LogP contribution in [-0.4, -0.2) is 17.1 Å². The highest BCUT2D eigenvalue weighted by molar-refractivity contribution is 5.77. The van der Waals surface area contributed by atoms with Crippen molar-refractivity contribution in [1.29, 1.82) is 0 Å². The molecule has 0 spiro atoms. The molecule has 0 saturated carbocycles. The van der Waals surface area contributed by atoms with E-state index in [0.717, 1.165) is 5.56 Å². The summed E-state index contributed by atoms with van der Waals surface area (Å²) in [6.07, 6.45) is 0.296. The molecule has 98 valence electrons. The van der Waals surface area contributed by atoms with Gasteiger partial charge in [-0.3, -0.25) is 0 Å². The van der Waals surface area contributed by atoms with Crippen LogP contribution in [-0.2, 0) is 11.2 Å². The van der Waals surface area contributed by atoms with Gasteiger partial charge in [0.2, 0.25) is 0 Å². The second-order valence-corrected chi connectivity index (χ2v) is 4.20. The predicted molar refractivity (Wildman–Crippen MR) is 71.6 cm³/mol. The molecule has 0 radical (unpaired) electrons. The summed E-state index contributed by atoms with van der Waals surface area (Å²) in [5.41, 5.74) is 1.09. The Morgan fingerprint density at radius 3 is 2.37 bits per heavy atom. The zero-order chi connectivity index (χ0) is 13.7. The quantitative estimate of drug-likeness (QED) is 0.868. The van der Waals surface area contributed by atoms with Crippen LogP contribution in [0.5, 0.6) is 0 Å². The molecule has 0 saturated heterocycles. The Morgan fingerprint density at radius 2 is 1.74 bits per heavy atom. The average Bonchev–Trinajstić information content (AvgIpc) is 2.41. The van der Waals surface area contributed by atoms with Gasteiger partial charge in [0.1, 0.15) is 11.9 Å². The summed E-state index contributed by atoms with van der Waals surface area (Å²) < 4.78 is 13.5. The lowest BCUT2D eigenvalue weighted by Gasteiger charge is -2.16. The van der Waals surface area contributed by atoms with E-state index in [-0.39, 0.29) is 5.69 Å². The molecular weight excluding hydrogens is 245 g/mol. The molecule has 2 aromatic carbocycles. The maximum atomic E-state index is 13.5. The minimum Gasteiger partial charge on any atom is -0.480 e. The van der Waals surface area contributed by atoms with E-state index in [1.807, 2.05) is 30.3 Å². The van der Waals surface area contributed by atoms with Crippen molar-refractivity contribution >= 4 is 11.7 Å². The summed E-state index contributed by atoms with van der Waals surface area (Å²) in [6, 6.07) is 14.4. The van der Waals surface area contributed by atoms with Gasteiger partial charge in [0.15, 0.2) is 0 Å². The fourth-order valence-electron chi connectivity index (χ4n) is 1.82. The lowest BCUT2D eigenvalue weighted by atomic mass is 10.1. The number of para-hydroxylation sites is 1. The fraction of sp³-hybridized carbons (Fsp3) is 0.133. The van der Waals surface area contributed by atoms with Crippen LogP contribution in [0.2, 0.25) is 0 Å². The summed E-state index contributed by atoms with van der Waals surface area (Å²) in [5.74, 6) is -1.46. The maximum absolute atomic E-state index is 13.5. The van der Waals surface area contributed by atoms with Gasteiger partial charge in [0.25, 0.3) is 0 Å². The van der Waals surface area contributed by atoms with E-state index < -0.39 is 17.8 Å². The number of hydrogen-bond donors (Lipinski definition) is 2. The largest absolute Gasteiger partial charge is 0.480 e. The van der Waals surface area contributed by atoms with Crippen LogP contribution in [0.3, 0.4) is 0 Å². The number of aliphatic carboxylic acids is 1. The van der Waals surface area contributed by atoms with Gasteiger partial charge in [-0.1, -0.05) is 42.5 Å². The van der Waals surface area contributed by atoms with E-state index in [1.165, 1.54) is 12.1 Å². The number of nitrogens with one attached hydrogen (secondary N) is 1. The smallest absolute Gasteiger partial charge is 0.326 e. The summed E-state index contributed by atoms with van der Waals surface area (Å²) in [5, 5.41) is 11.9. The molecule has 1 atom stereocenters. The number of rotatable bonds is 5. The van der Waals surface area contributed by atoms with Crippen molar-refractivity contribution in [2.45, 2.75) is 12.5 Å². The number of carboxylic acid groups (broad SMARTS) is 1. The number of halogens is 1. The molecule has 0 aliphatic rings. The Labute approximate surface area is 110 Å². The first-order chi connectivity index (χ1) is 9.16. The van der Waals surface area contributed by atoms with Crippen LogP contribution < -0.4 is 5.32 Å². The van der Waals surface area contributed by atoms with E-state index in [4.69, 9.17) is 0 Å². The van der Waals surface area contributed by atoms with E-state index in [0.29, 0.717) is 6.42 Å². The van der Waals surface area contributed by atoms with Gasteiger partial charge in [0.05, 0.1) is 5.69 Å². The van der Waals surface area contributed by atoms with Gasteiger partial charge in [-0.15, -0.1) is 0 Å². The van der Waals surface area contributed by atoms with E-state index in [2.05, 4.69) is 5.32 Å². The minimum absolute atomic E-state index is 0.200. The Kier molecular flexibility index (Phi) is 4.13. The third kappa shape index (κ3) is 3.55. The van der Waals surface area contributed by atoms with Crippen LogP contribution in [0.1, 0.15) is 5.56 Å². The van der Waals surface area contributed by atoms with Gasteiger partial charge in [-0.05, 0) is 17.7 Å². The molecule has 0 amide bonds. The van der Waals surface area contributed by atoms with E-state index in [1.54, 1.807) is 12.1 Å². The Morgan fingerprint density at radius 1 is 1.11 bits per heavy atom. The first-order valence-electron chi connectivity index (χ1n) is 5.94. The molecule has 0 aliphatic heterocycles. The van der Waals surface area contributed by atoms with Gasteiger partial charge in [-0.25, -0.2) is 9.18 Å². The average molecular weight is 259 g/mol. The van der Waals surface area contributed by atoms with Crippen LogP contribution in [0.25, 0.3) is 0 Å². The third-order valence-electron chi connectivity index (χ3n) is 2.78. The second-order valence-electron chi connectivity index (χ2n) is 4.20. The molecule has 3 nitrogen and oxygen atoms in total. The molecule has 19 heavy (non-hydrogen) atoms. The minimum atomic E-state index is -1.01. The summed E-state index contributed by atoms with van der Waals surface area (Å²) in [7, 11) is 0. The zero-order valence-corrected chi connectivity index (χ0v) is 10.2. The first kappa shape index (κ1) is 13.1. The monoisotopic (exact) mass is 259 g/mol. The molecule has 0 aromatic heterocycles. The maximum Gasteiger partial charge on any atom is 0.326 e. The standard InChI is InChI=1S/C15H14FNO2/c16-12-8-4-5-9-13(12)17-14(15(18)19)10-11-6-2-1-3-7-11/h1-9,14,17H,10H2,(H,18,19). The van der Waals surface area contributed by atoms with Crippen LogP contribution in [0.15, 0.2) is 54.6 Å².